The molecule has 3 aromatic rings. The number of non-ortho nitro benzene ring substituents is 1. The number of nitro groups is 1. The summed E-state index contributed by atoms with van der Waals surface area (Å²) >= 11 is 0. The Kier molecular flexibility index (Phi) is 6.35. The van der Waals surface area contributed by atoms with Crippen molar-refractivity contribution in [2.75, 3.05) is 13.1 Å². The number of hydrogen-bond donors (Lipinski definition) is 1. The molecule has 1 aliphatic heterocycles. The molecule has 1 atom stereocenters. The zero-order chi connectivity index (χ0) is 22.4. The predicted molar refractivity (Wildman–Crippen MR) is 123 cm³/mol. The van der Waals surface area contributed by atoms with Gasteiger partial charge in [-0.2, -0.15) is 0 Å². The highest BCUT2D eigenvalue weighted by Gasteiger charge is 2.32. The molecule has 4 rings (SSSR count). The molecule has 0 aromatic heterocycles. The third-order valence-electron chi connectivity index (χ3n) is 5.36. The average molecular weight is 431 g/mol. The summed E-state index contributed by atoms with van der Waals surface area (Å²) in [6.07, 6.45) is 0.605. The van der Waals surface area contributed by atoms with E-state index in [0.29, 0.717) is 17.9 Å². The SMILES string of the molecule is CC(CC1=NCCN1)(Oc1ccccc1OCc1ccc([N+](=O)[O-])cc1)c1ccccc1. The topological polar surface area (TPSA) is 86.0 Å². The van der Waals surface area contributed by atoms with Crippen molar-refractivity contribution in [1.29, 1.82) is 0 Å². The van der Waals surface area contributed by atoms with Gasteiger partial charge in [0.25, 0.3) is 5.69 Å². The summed E-state index contributed by atoms with van der Waals surface area (Å²) in [6.45, 7) is 3.94. The van der Waals surface area contributed by atoms with Gasteiger partial charge in [0.15, 0.2) is 11.5 Å². The van der Waals surface area contributed by atoms with Gasteiger partial charge in [-0.05, 0) is 42.3 Å². The van der Waals surface area contributed by atoms with Crippen molar-refractivity contribution in [1.82, 2.24) is 5.32 Å². The molecule has 1 unspecified atom stereocenters. The summed E-state index contributed by atoms with van der Waals surface area (Å²) in [5.41, 5.74) is 1.28. The Morgan fingerprint density at radius 1 is 1.00 bits per heavy atom. The van der Waals surface area contributed by atoms with E-state index in [-0.39, 0.29) is 12.3 Å². The minimum atomic E-state index is -0.649. The van der Waals surface area contributed by atoms with Crippen LogP contribution in [-0.4, -0.2) is 23.8 Å². The number of hydrogen-bond acceptors (Lipinski definition) is 6. The fourth-order valence-electron chi connectivity index (χ4n) is 3.64. The minimum Gasteiger partial charge on any atom is -0.485 e. The van der Waals surface area contributed by atoms with E-state index >= 15 is 0 Å². The molecule has 1 heterocycles. The maximum Gasteiger partial charge on any atom is 0.269 e. The maximum absolute atomic E-state index is 10.9. The van der Waals surface area contributed by atoms with E-state index in [1.54, 1.807) is 12.1 Å². The summed E-state index contributed by atoms with van der Waals surface area (Å²) in [7, 11) is 0. The quantitative estimate of drug-likeness (QED) is 0.386. The summed E-state index contributed by atoms with van der Waals surface area (Å²) in [6, 6.07) is 24.0. The van der Waals surface area contributed by atoms with E-state index in [9.17, 15) is 10.1 Å². The first kappa shape index (κ1) is 21.4. The fraction of sp³-hybridized carbons (Fsp3) is 0.240. The molecule has 0 amide bonds. The monoisotopic (exact) mass is 431 g/mol. The number of nitro benzene ring substituents is 1. The molecule has 1 aliphatic rings. The standard InChI is InChI=1S/C25H25N3O4/c1-25(17-24-26-15-16-27-24,20-7-3-2-4-8-20)32-23-10-6-5-9-22(23)31-18-19-11-13-21(14-12-19)28(29)30/h2-14H,15-18H2,1H3,(H,26,27). The van der Waals surface area contributed by atoms with Crippen molar-refractivity contribution < 1.29 is 14.4 Å². The Morgan fingerprint density at radius 3 is 2.34 bits per heavy atom. The largest absolute Gasteiger partial charge is 0.485 e. The molecule has 0 aliphatic carbocycles. The van der Waals surface area contributed by atoms with Crippen LogP contribution in [0, 0.1) is 10.1 Å². The van der Waals surface area contributed by atoms with Gasteiger partial charge in [-0.25, -0.2) is 0 Å². The van der Waals surface area contributed by atoms with Crippen LogP contribution in [-0.2, 0) is 12.2 Å². The van der Waals surface area contributed by atoms with Crippen LogP contribution in [0.15, 0.2) is 83.9 Å². The van der Waals surface area contributed by atoms with Gasteiger partial charge in [0, 0.05) is 25.1 Å². The lowest BCUT2D eigenvalue weighted by atomic mass is 9.91. The molecule has 0 saturated carbocycles. The van der Waals surface area contributed by atoms with Gasteiger partial charge >= 0.3 is 0 Å². The van der Waals surface area contributed by atoms with Crippen LogP contribution in [0.3, 0.4) is 0 Å². The Morgan fingerprint density at radius 2 is 1.69 bits per heavy atom. The van der Waals surface area contributed by atoms with Crippen LogP contribution >= 0.6 is 0 Å². The van der Waals surface area contributed by atoms with E-state index in [1.165, 1.54) is 12.1 Å². The summed E-state index contributed by atoms with van der Waals surface area (Å²) in [5.74, 6) is 2.16. The van der Waals surface area contributed by atoms with Gasteiger partial charge in [0.2, 0.25) is 0 Å². The molecule has 7 nitrogen and oxygen atoms in total. The first-order valence-electron chi connectivity index (χ1n) is 10.5. The zero-order valence-electron chi connectivity index (χ0n) is 17.9. The second kappa shape index (κ2) is 9.51. The Balaban J connectivity index is 1.55. The average Bonchev–Trinajstić information content (AvgIpc) is 3.32. The summed E-state index contributed by atoms with van der Waals surface area (Å²) < 4.78 is 12.6. The molecule has 7 heteroatoms. The van der Waals surface area contributed by atoms with Crippen molar-refractivity contribution in [2.45, 2.75) is 25.6 Å². The first-order valence-corrected chi connectivity index (χ1v) is 10.5. The van der Waals surface area contributed by atoms with Gasteiger partial charge in [0.1, 0.15) is 18.0 Å². The van der Waals surface area contributed by atoms with Crippen LogP contribution in [0.2, 0.25) is 0 Å². The molecular formula is C25H25N3O4. The molecule has 0 saturated heterocycles. The van der Waals surface area contributed by atoms with Gasteiger partial charge < -0.3 is 14.8 Å². The third kappa shape index (κ3) is 5.06. The molecule has 0 fully saturated rings. The number of nitrogens with one attached hydrogen (secondary N) is 1. The number of benzene rings is 3. The summed E-state index contributed by atoms with van der Waals surface area (Å²) in [4.78, 5) is 15.0. The molecule has 3 aromatic carbocycles. The van der Waals surface area contributed by atoms with Gasteiger partial charge in [-0.15, -0.1) is 0 Å². The van der Waals surface area contributed by atoms with E-state index in [4.69, 9.17) is 9.47 Å². The Hall–Kier alpha value is -3.87. The minimum absolute atomic E-state index is 0.0551. The van der Waals surface area contributed by atoms with Gasteiger partial charge in [-0.1, -0.05) is 42.5 Å². The highest BCUT2D eigenvalue weighted by Crippen LogP contribution is 2.37. The van der Waals surface area contributed by atoms with E-state index in [2.05, 4.69) is 29.4 Å². The molecule has 0 bridgehead atoms. The van der Waals surface area contributed by atoms with Crippen LogP contribution in [0.1, 0.15) is 24.5 Å². The number of para-hydroxylation sites is 2. The lowest BCUT2D eigenvalue weighted by Gasteiger charge is -2.32. The molecule has 0 radical (unpaired) electrons. The maximum atomic E-state index is 10.9. The molecular weight excluding hydrogens is 406 g/mol. The Bertz CT molecular complexity index is 1100. The molecule has 32 heavy (non-hydrogen) atoms. The normalized spacial score (nSPS) is 14.7. The van der Waals surface area contributed by atoms with Crippen molar-refractivity contribution in [2.24, 2.45) is 4.99 Å². The molecule has 0 spiro atoms. The van der Waals surface area contributed by atoms with Crippen LogP contribution < -0.4 is 14.8 Å². The van der Waals surface area contributed by atoms with Crippen molar-refractivity contribution >= 4 is 11.5 Å². The van der Waals surface area contributed by atoms with Crippen molar-refractivity contribution in [3.63, 3.8) is 0 Å². The van der Waals surface area contributed by atoms with Crippen LogP contribution in [0.5, 0.6) is 11.5 Å². The molecule has 1 N–H and O–H groups in total. The zero-order valence-corrected chi connectivity index (χ0v) is 17.9. The second-order valence-electron chi connectivity index (χ2n) is 7.79. The highest BCUT2D eigenvalue weighted by molar-refractivity contribution is 5.84. The van der Waals surface area contributed by atoms with Crippen molar-refractivity contribution in [3.05, 3.63) is 100 Å². The van der Waals surface area contributed by atoms with E-state index < -0.39 is 10.5 Å². The highest BCUT2D eigenvalue weighted by atomic mass is 16.6. The number of nitrogens with zero attached hydrogens (tertiary/aromatic N) is 2. The van der Waals surface area contributed by atoms with Gasteiger partial charge in [0.05, 0.1) is 11.5 Å². The number of amidine groups is 1. The van der Waals surface area contributed by atoms with Crippen molar-refractivity contribution in [3.8, 4) is 11.5 Å². The van der Waals surface area contributed by atoms with E-state index in [1.807, 2.05) is 42.5 Å². The van der Waals surface area contributed by atoms with Crippen LogP contribution in [0.4, 0.5) is 5.69 Å². The predicted octanol–water partition coefficient (Wildman–Crippen LogP) is 4.86. The number of aliphatic imine (C=N–C) groups is 1. The Labute approximate surface area is 186 Å². The lowest BCUT2D eigenvalue weighted by Crippen LogP contribution is -2.36. The first-order chi connectivity index (χ1) is 15.5. The fourth-order valence-corrected chi connectivity index (χ4v) is 3.64. The van der Waals surface area contributed by atoms with Gasteiger partial charge in [-0.3, -0.25) is 15.1 Å². The molecule has 164 valence electrons. The second-order valence-corrected chi connectivity index (χ2v) is 7.79. The lowest BCUT2D eigenvalue weighted by molar-refractivity contribution is -0.384. The number of rotatable bonds is 9. The summed E-state index contributed by atoms with van der Waals surface area (Å²) in [5, 5.41) is 14.2. The van der Waals surface area contributed by atoms with E-state index in [0.717, 1.165) is 30.1 Å². The number of ether oxygens (including phenoxy) is 2. The smallest absolute Gasteiger partial charge is 0.269 e. The van der Waals surface area contributed by atoms with Crippen LogP contribution in [0.25, 0.3) is 0 Å². The third-order valence-corrected chi connectivity index (χ3v) is 5.36.